The Labute approximate surface area is 149 Å². The van der Waals surface area contributed by atoms with Gasteiger partial charge in [0.25, 0.3) is 0 Å². The van der Waals surface area contributed by atoms with Gasteiger partial charge in [-0.3, -0.25) is 4.79 Å². The van der Waals surface area contributed by atoms with Gasteiger partial charge in [-0.25, -0.2) is 4.98 Å². The van der Waals surface area contributed by atoms with Crippen molar-refractivity contribution >= 4 is 34.8 Å². The number of aromatic nitrogens is 1. The molecule has 0 radical (unpaired) electrons. The van der Waals surface area contributed by atoms with Gasteiger partial charge in [-0.05, 0) is 31.0 Å². The van der Waals surface area contributed by atoms with Crippen LogP contribution in [-0.4, -0.2) is 23.2 Å². The highest BCUT2D eigenvalue weighted by Crippen LogP contribution is 2.37. The molecule has 4 rings (SSSR count). The van der Waals surface area contributed by atoms with Gasteiger partial charge in [-0.1, -0.05) is 12.8 Å². The molecule has 1 aliphatic carbocycles. The number of amides is 1. The van der Waals surface area contributed by atoms with Crippen molar-refractivity contribution in [2.45, 2.75) is 31.2 Å². The summed E-state index contributed by atoms with van der Waals surface area (Å²) in [6.45, 7) is 0.246. The molecule has 0 saturated heterocycles. The van der Waals surface area contributed by atoms with Crippen molar-refractivity contribution in [1.29, 1.82) is 0 Å². The van der Waals surface area contributed by atoms with Gasteiger partial charge in [0.05, 0.1) is 11.2 Å². The molecule has 1 amide bonds. The van der Waals surface area contributed by atoms with Crippen LogP contribution in [0.2, 0.25) is 0 Å². The van der Waals surface area contributed by atoms with Gasteiger partial charge >= 0.3 is 0 Å². The number of benzene rings is 1. The van der Waals surface area contributed by atoms with E-state index >= 15 is 0 Å². The molecule has 0 bridgehead atoms. The molecule has 1 saturated carbocycles. The maximum atomic E-state index is 12.3. The maximum absolute atomic E-state index is 12.3. The van der Waals surface area contributed by atoms with Gasteiger partial charge in [0.1, 0.15) is 0 Å². The number of ether oxygens (including phenoxy) is 2. The predicted octanol–water partition coefficient (Wildman–Crippen LogP) is 3.17. The lowest BCUT2D eigenvalue weighted by Crippen LogP contribution is -2.48. The molecule has 1 aromatic heterocycles. The molecule has 128 valence electrons. The highest BCUT2D eigenvalue weighted by Gasteiger charge is 2.37. The lowest BCUT2D eigenvalue weighted by molar-refractivity contribution is -0.121. The number of hydrogen-bond donors (Lipinski definition) is 2. The molecule has 0 atom stereocenters. The molecule has 1 fully saturated rings. The average molecular weight is 368 g/mol. The molecule has 6 nitrogen and oxygen atoms in total. The number of rotatable bonds is 3. The first kappa shape index (κ1) is 17.0. The summed E-state index contributed by atoms with van der Waals surface area (Å²) in [4.78, 5) is 16.8. The van der Waals surface area contributed by atoms with E-state index in [1.165, 1.54) is 11.3 Å². The maximum Gasteiger partial charge on any atom is 0.246 e. The number of nitrogens with two attached hydrogens (primary N) is 1. The van der Waals surface area contributed by atoms with E-state index < -0.39 is 5.54 Å². The van der Waals surface area contributed by atoms with Crippen LogP contribution in [0.5, 0.6) is 11.5 Å². The van der Waals surface area contributed by atoms with Crippen LogP contribution in [0.15, 0.2) is 23.6 Å². The van der Waals surface area contributed by atoms with Crippen LogP contribution in [0.25, 0.3) is 11.3 Å². The highest BCUT2D eigenvalue weighted by molar-refractivity contribution is 7.14. The van der Waals surface area contributed by atoms with Gasteiger partial charge in [-0.15, -0.1) is 23.7 Å². The summed E-state index contributed by atoms with van der Waals surface area (Å²) in [7, 11) is 0. The van der Waals surface area contributed by atoms with Crippen molar-refractivity contribution in [3.05, 3.63) is 23.6 Å². The molecular weight excluding hydrogens is 350 g/mol. The second-order valence-corrected chi connectivity index (χ2v) is 6.78. The standard InChI is InChI=1S/C16H17N3O3S.ClH/c17-16(5-1-2-6-16)14(20)19-15-18-11(8-23-15)10-3-4-12-13(7-10)22-9-21-12;/h3-4,7-8H,1-2,5-6,9,17H2,(H,18,19,20);1H. The van der Waals surface area contributed by atoms with Crippen LogP contribution >= 0.6 is 23.7 Å². The summed E-state index contributed by atoms with van der Waals surface area (Å²) in [5, 5.41) is 5.33. The van der Waals surface area contributed by atoms with Crippen molar-refractivity contribution in [3.63, 3.8) is 0 Å². The zero-order chi connectivity index (χ0) is 15.9. The van der Waals surface area contributed by atoms with Crippen LogP contribution in [0.3, 0.4) is 0 Å². The Kier molecular flexibility index (Phi) is 4.67. The Bertz CT molecular complexity index is 759. The van der Waals surface area contributed by atoms with Gasteiger partial charge in [-0.2, -0.15) is 0 Å². The summed E-state index contributed by atoms with van der Waals surface area (Å²) in [5.41, 5.74) is 7.14. The normalized spacial score (nSPS) is 17.4. The Morgan fingerprint density at radius 1 is 1.25 bits per heavy atom. The molecular formula is C16H18ClN3O3S. The lowest BCUT2D eigenvalue weighted by atomic mass is 9.98. The Morgan fingerprint density at radius 2 is 2.00 bits per heavy atom. The number of halogens is 1. The summed E-state index contributed by atoms with van der Waals surface area (Å²) in [5.74, 6) is 1.32. The van der Waals surface area contributed by atoms with Gasteiger partial charge < -0.3 is 20.5 Å². The second kappa shape index (κ2) is 6.58. The zero-order valence-corrected chi connectivity index (χ0v) is 14.5. The van der Waals surface area contributed by atoms with Gasteiger partial charge in [0.2, 0.25) is 12.7 Å². The van der Waals surface area contributed by atoms with Crippen molar-refractivity contribution in [3.8, 4) is 22.8 Å². The number of fused-ring (bicyclic) bond motifs is 1. The quantitative estimate of drug-likeness (QED) is 0.870. The van der Waals surface area contributed by atoms with Crippen LogP contribution < -0.4 is 20.5 Å². The molecule has 3 N–H and O–H groups in total. The summed E-state index contributed by atoms with van der Waals surface area (Å²) in [6.07, 6.45) is 3.48. The molecule has 1 aromatic carbocycles. The van der Waals surface area contributed by atoms with Gasteiger partial charge in [0, 0.05) is 10.9 Å². The first-order chi connectivity index (χ1) is 11.1. The Hall–Kier alpha value is -1.83. The predicted molar refractivity (Wildman–Crippen MR) is 94.9 cm³/mol. The van der Waals surface area contributed by atoms with Crippen LogP contribution in [0.4, 0.5) is 5.13 Å². The summed E-state index contributed by atoms with van der Waals surface area (Å²) in [6, 6.07) is 5.68. The number of thiazole rings is 1. The smallest absolute Gasteiger partial charge is 0.246 e. The number of nitrogens with one attached hydrogen (secondary N) is 1. The first-order valence-corrected chi connectivity index (χ1v) is 8.48. The van der Waals surface area contributed by atoms with Crippen LogP contribution in [-0.2, 0) is 4.79 Å². The third-order valence-electron chi connectivity index (χ3n) is 4.34. The number of anilines is 1. The third kappa shape index (κ3) is 3.07. The minimum atomic E-state index is -0.745. The minimum absolute atomic E-state index is 0. The van der Waals surface area contributed by atoms with Gasteiger partial charge in [0.15, 0.2) is 16.6 Å². The van der Waals surface area contributed by atoms with E-state index in [2.05, 4.69) is 10.3 Å². The van der Waals surface area contributed by atoms with E-state index in [0.717, 1.165) is 42.7 Å². The first-order valence-electron chi connectivity index (χ1n) is 7.60. The monoisotopic (exact) mass is 367 g/mol. The van der Waals surface area contributed by atoms with Crippen molar-refractivity contribution in [1.82, 2.24) is 4.98 Å². The average Bonchev–Trinajstić information content (AvgIpc) is 3.26. The fourth-order valence-corrected chi connectivity index (χ4v) is 3.69. The minimum Gasteiger partial charge on any atom is -0.454 e. The Morgan fingerprint density at radius 3 is 2.79 bits per heavy atom. The molecule has 2 aliphatic rings. The Balaban J connectivity index is 0.00000169. The molecule has 0 unspecified atom stereocenters. The number of carbonyl (C=O) groups is 1. The largest absolute Gasteiger partial charge is 0.454 e. The van der Waals surface area contributed by atoms with E-state index in [9.17, 15) is 4.79 Å². The van der Waals surface area contributed by atoms with Crippen molar-refractivity contribution in [2.24, 2.45) is 5.73 Å². The molecule has 0 spiro atoms. The molecule has 1 aliphatic heterocycles. The molecule has 24 heavy (non-hydrogen) atoms. The highest BCUT2D eigenvalue weighted by atomic mass is 35.5. The van der Waals surface area contributed by atoms with Crippen LogP contribution in [0, 0.1) is 0 Å². The topological polar surface area (TPSA) is 86.5 Å². The third-order valence-corrected chi connectivity index (χ3v) is 5.10. The number of hydrogen-bond acceptors (Lipinski definition) is 6. The van der Waals surface area contributed by atoms with Crippen molar-refractivity contribution in [2.75, 3.05) is 12.1 Å². The lowest BCUT2D eigenvalue weighted by Gasteiger charge is -2.21. The fraction of sp³-hybridized carbons (Fsp3) is 0.375. The van der Waals surface area contributed by atoms with E-state index in [4.69, 9.17) is 15.2 Å². The van der Waals surface area contributed by atoms with E-state index in [1.807, 2.05) is 23.6 Å². The summed E-state index contributed by atoms with van der Waals surface area (Å²) >= 11 is 1.39. The summed E-state index contributed by atoms with van der Waals surface area (Å²) < 4.78 is 10.7. The molecule has 2 aromatic rings. The number of nitrogens with zero attached hydrogens (tertiary/aromatic N) is 1. The second-order valence-electron chi connectivity index (χ2n) is 5.92. The van der Waals surface area contributed by atoms with Crippen molar-refractivity contribution < 1.29 is 14.3 Å². The SMILES string of the molecule is Cl.NC1(C(=O)Nc2nc(-c3ccc4c(c3)OCO4)cs2)CCCC1. The molecule has 2 heterocycles. The fourth-order valence-electron chi connectivity index (χ4n) is 2.97. The van der Waals surface area contributed by atoms with E-state index in [-0.39, 0.29) is 25.1 Å². The number of carbonyl (C=O) groups excluding carboxylic acids is 1. The van der Waals surface area contributed by atoms with Crippen LogP contribution in [0.1, 0.15) is 25.7 Å². The molecule has 8 heteroatoms. The zero-order valence-electron chi connectivity index (χ0n) is 12.9. The van der Waals surface area contributed by atoms with E-state index in [0.29, 0.717) is 10.9 Å². The van der Waals surface area contributed by atoms with E-state index in [1.54, 1.807) is 0 Å².